The first kappa shape index (κ1) is 34.5. The minimum Gasteiger partial charge on any atom is -0.410 e. The van der Waals surface area contributed by atoms with Gasteiger partial charge in [-0.25, -0.2) is 4.79 Å². The van der Waals surface area contributed by atoms with Crippen LogP contribution in [0.4, 0.5) is 31.1 Å². The standard InChI is InChI=1S/C33H45F6NO4S2/c1-4-15-40(22-13-18-45-46-20-22)29(41)44-23-7-9-24-21(19-23)6-8-26-25(24)12-14-30(2)27(26)10-11-28(30)42-16-5-17-43-31(3,32(34,35)36)33(37,38)39/h7,9,19,22,25-28H,4-6,8,10-18,20H2,1-3H3/i1D. The SMILES string of the molecule is [2H]CCCN(C(=O)Oc1ccc2c(c1)CCC1C2CCC2(C)C(OCCCOC(C)(C(F)(F)F)C(F)(F)F)CCC12)C1CCSSC1. The fraction of sp³-hybridized carbons (Fsp3) is 0.788. The first-order chi connectivity index (χ1) is 22.2. The van der Waals surface area contributed by atoms with Gasteiger partial charge in [-0.05, 0) is 111 Å². The molecule has 4 aliphatic rings. The summed E-state index contributed by atoms with van der Waals surface area (Å²) in [5.41, 5.74) is -1.81. The molecule has 1 amide bonds. The lowest BCUT2D eigenvalue weighted by molar-refractivity contribution is -0.374. The van der Waals surface area contributed by atoms with Gasteiger partial charge in [-0.1, -0.05) is 41.5 Å². The summed E-state index contributed by atoms with van der Waals surface area (Å²) < 4.78 is 103. The van der Waals surface area contributed by atoms with Crippen molar-refractivity contribution in [2.24, 2.45) is 17.3 Å². The molecular formula is C33H45F6NO4S2. The summed E-state index contributed by atoms with van der Waals surface area (Å²) in [6.45, 7) is 2.36. The van der Waals surface area contributed by atoms with Gasteiger partial charge < -0.3 is 19.1 Å². The van der Waals surface area contributed by atoms with E-state index >= 15 is 0 Å². The van der Waals surface area contributed by atoms with Crippen LogP contribution in [0.1, 0.15) is 90.5 Å². The van der Waals surface area contributed by atoms with E-state index in [2.05, 4.69) is 17.7 Å². The third-order valence-corrected chi connectivity index (χ3v) is 13.3. The maximum absolute atomic E-state index is 13.3. The number of ether oxygens (including phenoxy) is 3. The molecule has 0 radical (unpaired) electrons. The molecule has 2 saturated carbocycles. The molecule has 0 N–H and O–H groups in total. The molecule has 0 bridgehead atoms. The molecule has 5 rings (SSSR count). The summed E-state index contributed by atoms with van der Waals surface area (Å²) in [5, 5.41) is 0. The van der Waals surface area contributed by atoms with Crippen molar-refractivity contribution >= 4 is 27.7 Å². The summed E-state index contributed by atoms with van der Waals surface area (Å²) in [6.07, 6.45) is -4.61. The molecule has 1 aliphatic heterocycles. The van der Waals surface area contributed by atoms with Crippen LogP contribution in [0.15, 0.2) is 18.2 Å². The van der Waals surface area contributed by atoms with Crippen LogP contribution in [-0.4, -0.2) is 72.4 Å². The number of carbonyl (C=O) groups excluding carboxylic acids is 1. The Hall–Kier alpha value is -1.31. The average molecular weight is 699 g/mol. The second-order valence-electron chi connectivity index (χ2n) is 13.5. The third-order valence-electron chi connectivity index (χ3n) is 10.8. The zero-order valence-electron chi connectivity index (χ0n) is 27.4. The van der Waals surface area contributed by atoms with Gasteiger partial charge in [0.1, 0.15) is 5.75 Å². The van der Waals surface area contributed by atoms with Gasteiger partial charge in [0.05, 0.1) is 12.7 Å². The predicted octanol–water partition coefficient (Wildman–Crippen LogP) is 9.58. The number of benzene rings is 1. The number of amides is 1. The van der Waals surface area contributed by atoms with Crippen LogP contribution >= 0.6 is 21.6 Å². The Kier molecular flexibility index (Phi) is 10.7. The van der Waals surface area contributed by atoms with Gasteiger partial charge in [0.25, 0.3) is 5.60 Å². The van der Waals surface area contributed by atoms with Crippen LogP contribution < -0.4 is 4.74 Å². The van der Waals surface area contributed by atoms with E-state index in [9.17, 15) is 31.1 Å². The van der Waals surface area contributed by atoms with Crippen molar-refractivity contribution in [3.63, 3.8) is 0 Å². The molecule has 3 fully saturated rings. The van der Waals surface area contributed by atoms with Crippen molar-refractivity contribution < 1.29 is 46.7 Å². The van der Waals surface area contributed by atoms with E-state index in [1.54, 1.807) is 15.7 Å². The number of rotatable bonds is 10. The van der Waals surface area contributed by atoms with Gasteiger partial charge in [0.2, 0.25) is 0 Å². The molecule has 46 heavy (non-hydrogen) atoms. The second-order valence-corrected chi connectivity index (χ2v) is 16.1. The lowest BCUT2D eigenvalue weighted by Crippen LogP contribution is -2.56. The van der Waals surface area contributed by atoms with Crippen LogP contribution in [-0.2, 0) is 15.9 Å². The van der Waals surface area contributed by atoms with E-state index in [1.165, 1.54) is 11.1 Å². The highest BCUT2D eigenvalue weighted by Gasteiger charge is 2.69. The van der Waals surface area contributed by atoms with Crippen molar-refractivity contribution in [1.82, 2.24) is 4.90 Å². The average Bonchev–Trinajstić information content (AvgIpc) is 3.36. The number of nitrogens with zero attached hydrogens (tertiary/aromatic N) is 1. The van der Waals surface area contributed by atoms with Gasteiger partial charge in [0, 0.05) is 32.1 Å². The molecule has 1 saturated heterocycles. The molecule has 260 valence electrons. The van der Waals surface area contributed by atoms with Gasteiger partial charge >= 0.3 is 18.4 Å². The van der Waals surface area contributed by atoms with Gasteiger partial charge in [-0.15, -0.1) is 0 Å². The lowest BCUT2D eigenvalue weighted by Gasteiger charge is -2.50. The van der Waals surface area contributed by atoms with E-state index in [0.717, 1.165) is 56.5 Å². The number of alkyl halides is 6. The monoisotopic (exact) mass is 698 g/mol. The Morgan fingerprint density at radius 2 is 1.85 bits per heavy atom. The van der Waals surface area contributed by atoms with Crippen molar-refractivity contribution in [1.29, 1.82) is 0 Å². The first-order valence-corrected chi connectivity index (χ1v) is 18.7. The van der Waals surface area contributed by atoms with Crippen molar-refractivity contribution in [2.45, 2.75) is 115 Å². The summed E-state index contributed by atoms with van der Waals surface area (Å²) in [5.74, 6) is 3.62. The summed E-state index contributed by atoms with van der Waals surface area (Å²) in [7, 11) is 3.59. The molecule has 6 atom stereocenters. The molecule has 1 aromatic carbocycles. The minimum atomic E-state index is -5.57. The number of hydrogen-bond acceptors (Lipinski definition) is 6. The minimum absolute atomic E-state index is 0.0256. The lowest BCUT2D eigenvalue weighted by atomic mass is 9.55. The third kappa shape index (κ3) is 7.18. The van der Waals surface area contributed by atoms with E-state index < -0.39 is 24.6 Å². The maximum Gasteiger partial charge on any atom is 0.426 e. The highest BCUT2D eigenvalue weighted by atomic mass is 33.1. The highest BCUT2D eigenvalue weighted by molar-refractivity contribution is 8.76. The fourth-order valence-corrected chi connectivity index (χ4v) is 10.7. The number of fused-ring (bicyclic) bond motifs is 5. The zero-order valence-corrected chi connectivity index (χ0v) is 28.0. The quantitative estimate of drug-likeness (QED) is 0.138. The van der Waals surface area contributed by atoms with Crippen LogP contribution in [0.2, 0.25) is 0 Å². The van der Waals surface area contributed by atoms with E-state index in [-0.39, 0.29) is 50.5 Å². The van der Waals surface area contributed by atoms with Crippen LogP contribution in [0, 0.1) is 17.3 Å². The molecule has 1 aromatic rings. The Morgan fingerprint density at radius 1 is 1.07 bits per heavy atom. The van der Waals surface area contributed by atoms with Crippen LogP contribution in [0.5, 0.6) is 5.75 Å². The largest absolute Gasteiger partial charge is 0.426 e. The number of aryl methyl sites for hydroxylation is 1. The molecule has 1 heterocycles. The van der Waals surface area contributed by atoms with Crippen molar-refractivity contribution in [2.75, 3.05) is 31.3 Å². The van der Waals surface area contributed by atoms with E-state index in [4.69, 9.17) is 10.8 Å². The number of halogens is 6. The summed E-state index contributed by atoms with van der Waals surface area (Å²) >= 11 is 0. The fourth-order valence-electron chi connectivity index (χ4n) is 8.18. The van der Waals surface area contributed by atoms with E-state index in [1.807, 2.05) is 22.9 Å². The molecular weight excluding hydrogens is 652 g/mol. The molecule has 6 unspecified atom stereocenters. The highest BCUT2D eigenvalue weighted by Crippen LogP contribution is 2.61. The molecule has 0 aromatic heterocycles. The van der Waals surface area contributed by atoms with Crippen LogP contribution in [0.25, 0.3) is 0 Å². The summed E-state index contributed by atoms with van der Waals surface area (Å²) in [4.78, 5) is 15.1. The Morgan fingerprint density at radius 3 is 2.54 bits per heavy atom. The predicted molar refractivity (Wildman–Crippen MR) is 168 cm³/mol. The number of carbonyl (C=O) groups is 1. The second kappa shape index (κ2) is 14.3. The Balaban J connectivity index is 1.16. The molecule has 0 spiro atoms. The summed E-state index contributed by atoms with van der Waals surface area (Å²) in [6, 6.07) is 6.13. The van der Waals surface area contributed by atoms with Gasteiger partial charge in [-0.2, -0.15) is 26.3 Å². The Bertz CT molecular complexity index is 1220. The maximum atomic E-state index is 13.3. The topological polar surface area (TPSA) is 48.0 Å². The number of hydrogen-bond donors (Lipinski definition) is 0. The van der Waals surface area contributed by atoms with Crippen molar-refractivity contribution in [3.8, 4) is 5.75 Å². The molecule has 13 heteroatoms. The van der Waals surface area contributed by atoms with Crippen LogP contribution in [0.3, 0.4) is 0 Å². The van der Waals surface area contributed by atoms with Gasteiger partial charge in [0.15, 0.2) is 0 Å². The van der Waals surface area contributed by atoms with Gasteiger partial charge in [-0.3, -0.25) is 0 Å². The molecule has 3 aliphatic carbocycles. The van der Waals surface area contributed by atoms with Crippen molar-refractivity contribution in [3.05, 3.63) is 29.3 Å². The first-order valence-electron chi connectivity index (χ1n) is 16.9. The molecule has 5 nitrogen and oxygen atoms in total. The normalized spacial score (nSPS) is 30.2. The Labute approximate surface area is 277 Å². The zero-order chi connectivity index (χ0) is 34.0. The smallest absolute Gasteiger partial charge is 0.410 e. The van der Waals surface area contributed by atoms with E-state index in [0.29, 0.717) is 36.5 Å².